The third kappa shape index (κ3) is 5.03. The number of para-hydroxylation sites is 1. The van der Waals surface area contributed by atoms with Crippen LogP contribution in [0.4, 0.5) is 0 Å². The largest absolute Gasteiger partial charge is 0.485 e. The van der Waals surface area contributed by atoms with Crippen LogP contribution in [0.1, 0.15) is 46.0 Å². The number of rotatable bonds is 8. The first-order valence-corrected chi connectivity index (χ1v) is 10.5. The monoisotopic (exact) mass is 427 g/mol. The molecule has 0 aliphatic rings. The Morgan fingerprint density at radius 3 is 2.12 bits per heavy atom. The minimum Gasteiger partial charge on any atom is -0.485 e. The molecule has 0 saturated carbocycles. The summed E-state index contributed by atoms with van der Waals surface area (Å²) >= 11 is 0. The number of aromatic nitrogens is 2. The molecule has 0 bridgehead atoms. The molecule has 1 aromatic heterocycles. The van der Waals surface area contributed by atoms with Crippen molar-refractivity contribution in [3.8, 4) is 5.75 Å². The van der Waals surface area contributed by atoms with Crippen molar-refractivity contribution >= 4 is 5.91 Å². The van der Waals surface area contributed by atoms with Gasteiger partial charge in [0, 0.05) is 18.9 Å². The third-order valence-electron chi connectivity index (χ3n) is 5.23. The molecule has 0 aliphatic carbocycles. The summed E-state index contributed by atoms with van der Waals surface area (Å²) in [7, 11) is 0. The minimum absolute atomic E-state index is 0.0109. The fourth-order valence-corrected chi connectivity index (χ4v) is 3.78. The highest BCUT2D eigenvalue weighted by Crippen LogP contribution is 2.28. The molecule has 0 unspecified atom stereocenters. The lowest BCUT2D eigenvalue weighted by Gasteiger charge is -2.26. The molecular formula is C26H25N3O3. The Morgan fingerprint density at radius 1 is 0.938 bits per heavy atom. The highest BCUT2D eigenvalue weighted by atomic mass is 16.5. The van der Waals surface area contributed by atoms with E-state index in [2.05, 4.69) is 39.7 Å². The molecule has 32 heavy (non-hydrogen) atoms. The molecule has 162 valence electrons. The summed E-state index contributed by atoms with van der Waals surface area (Å²) in [6.07, 6.45) is 0. The zero-order chi connectivity index (χ0) is 22.3. The van der Waals surface area contributed by atoms with Crippen LogP contribution in [0.2, 0.25) is 0 Å². The molecule has 0 aliphatic heterocycles. The summed E-state index contributed by atoms with van der Waals surface area (Å²) in [5, 5.41) is 7.00. The van der Waals surface area contributed by atoms with Crippen LogP contribution in [-0.2, 0) is 6.61 Å². The van der Waals surface area contributed by atoms with Gasteiger partial charge in [-0.15, -0.1) is 0 Å². The second kappa shape index (κ2) is 9.92. The molecule has 3 aromatic carbocycles. The molecule has 0 fully saturated rings. The Kier molecular flexibility index (Phi) is 6.60. The van der Waals surface area contributed by atoms with E-state index in [1.165, 1.54) is 0 Å². The van der Waals surface area contributed by atoms with Gasteiger partial charge in [0.2, 0.25) is 11.7 Å². The predicted octanol–water partition coefficient (Wildman–Crippen LogP) is 4.91. The average molecular weight is 428 g/mol. The maximum absolute atomic E-state index is 13.2. The van der Waals surface area contributed by atoms with E-state index < -0.39 is 0 Å². The van der Waals surface area contributed by atoms with Crippen molar-refractivity contribution in [2.24, 2.45) is 0 Å². The standard InChI is InChI=1S/C26H25N3O3/c1-18(25(20-11-5-3-6-12-20)21-13-7-4-8-14-21)27-26(30)22-15-9-10-16-23(22)31-17-24-28-19(2)32-29-24/h3-16,18,25H,17H2,1-2H3,(H,27,30)/t18-/m0/s1. The Balaban J connectivity index is 1.53. The van der Waals surface area contributed by atoms with Gasteiger partial charge in [-0.3, -0.25) is 4.79 Å². The predicted molar refractivity (Wildman–Crippen MR) is 121 cm³/mol. The Bertz CT molecular complexity index is 1120. The molecule has 1 N–H and O–H groups in total. The molecule has 4 aromatic rings. The van der Waals surface area contributed by atoms with Crippen molar-refractivity contribution in [2.75, 3.05) is 0 Å². The number of benzene rings is 3. The number of hydrogen-bond acceptors (Lipinski definition) is 5. The summed E-state index contributed by atoms with van der Waals surface area (Å²) in [5.74, 6) is 1.18. The van der Waals surface area contributed by atoms with Gasteiger partial charge in [-0.25, -0.2) is 0 Å². The molecular weight excluding hydrogens is 402 g/mol. The van der Waals surface area contributed by atoms with E-state index in [-0.39, 0.29) is 24.5 Å². The van der Waals surface area contributed by atoms with Gasteiger partial charge < -0.3 is 14.6 Å². The molecule has 0 saturated heterocycles. The van der Waals surface area contributed by atoms with Crippen molar-refractivity contribution < 1.29 is 14.1 Å². The highest BCUT2D eigenvalue weighted by molar-refractivity contribution is 5.97. The van der Waals surface area contributed by atoms with Crippen LogP contribution >= 0.6 is 0 Å². The maximum Gasteiger partial charge on any atom is 0.255 e. The van der Waals surface area contributed by atoms with Gasteiger partial charge in [0.05, 0.1) is 5.56 Å². The molecule has 6 nitrogen and oxygen atoms in total. The van der Waals surface area contributed by atoms with Crippen molar-refractivity contribution in [1.29, 1.82) is 0 Å². The van der Waals surface area contributed by atoms with Crippen LogP contribution < -0.4 is 10.1 Å². The van der Waals surface area contributed by atoms with Crippen molar-refractivity contribution in [3.05, 3.63) is 113 Å². The highest BCUT2D eigenvalue weighted by Gasteiger charge is 2.24. The third-order valence-corrected chi connectivity index (χ3v) is 5.23. The van der Waals surface area contributed by atoms with Crippen molar-refractivity contribution in [3.63, 3.8) is 0 Å². The smallest absolute Gasteiger partial charge is 0.255 e. The van der Waals surface area contributed by atoms with Crippen LogP contribution in [0.5, 0.6) is 5.75 Å². The summed E-state index contributed by atoms with van der Waals surface area (Å²) in [4.78, 5) is 17.4. The first kappa shape index (κ1) is 21.3. The summed E-state index contributed by atoms with van der Waals surface area (Å²) in [6, 6.07) is 27.4. The van der Waals surface area contributed by atoms with E-state index >= 15 is 0 Å². The molecule has 0 radical (unpaired) electrons. The number of amides is 1. The van der Waals surface area contributed by atoms with Crippen LogP contribution in [0.25, 0.3) is 0 Å². The number of carbonyl (C=O) groups is 1. The molecule has 1 atom stereocenters. The van der Waals surface area contributed by atoms with Crippen molar-refractivity contribution in [2.45, 2.75) is 32.4 Å². The van der Waals surface area contributed by atoms with E-state index in [1.807, 2.05) is 55.5 Å². The van der Waals surface area contributed by atoms with Crippen LogP contribution in [0.15, 0.2) is 89.5 Å². The van der Waals surface area contributed by atoms with Gasteiger partial charge in [-0.1, -0.05) is 78.0 Å². The van der Waals surface area contributed by atoms with Crippen LogP contribution in [0, 0.1) is 6.92 Å². The lowest BCUT2D eigenvalue weighted by molar-refractivity contribution is 0.0932. The van der Waals surface area contributed by atoms with E-state index in [9.17, 15) is 4.79 Å². The number of aryl methyl sites for hydroxylation is 1. The zero-order valence-electron chi connectivity index (χ0n) is 18.1. The fraction of sp³-hybridized carbons (Fsp3) is 0.192. The fourth-order valence-electron chi connectivity index (χ4n) is 3.78. The van der Waals surface area contributed by atoms with Gasteiger partial charge in [-0.05, 0) is 30.2 Å². The van der Waals surface area contributed by atoms with Crippen molar-refractivity contribution in [1.82, 2.24) is 15.5 Å². The van der Waals surface area contributed by atoms with E-state index in [4.69, 9.17) is 9.26 Å². The number of ether oxygens (including phenoxy) is 1. The maximum atomic E-state index is 13.2. The molecule has 1 amide bonds. The van der Waals surface area contributed by atoms with E-state index in [1.54, 1.807) is 19.1 Å². The second-order valence-corrected chi connectivity index (χ2v) is 7.58. The topological polar surface area (TPSA) is 77.2 Å². The summed E-state index contributed by atoms with van der Waals surface area (Å²) in [6.45, 7) is 3.86. The average Bonchev–Trinajstić information content (AvgIpc) is 3.24. The van der Waals surface area contributed by atoms with Crippen LogP contribution in [0.3, 0.4) is 0 Å². The first-order chi connectivity index (χ1) is 15.6. The Morgan fingerprint density at radius 2 is 1.53 bits per heavy atom. The van der Waals surface area contributed by atoms with Gasteiger partial charge in [-0.2, -0.15) is 4.98 Å². The summed E-state index contributed by atoms with van der Waals surface area (Å²) < 4.78 is 10.8. The zero-order valence-corrected chi connectivity index (χ0v) is 18.1. The number of nitrogens with zero attached hydrogens (tertiary/aromatic N) is 2. The van der Waals surface area contributed by atoms with Gasteiger partial charge in [0.1, 0.15) is 5.75 Å². The SMILES string of the molecule is Cc1nc(COc2ccccc2C(=O)N[C@@H](C)C(c2ccccc2)c2ccccc2)no1. The molecule has 0 spiro atoms. The second-order valence-electron chi connectivity index (χ2n) is 7.58. The van der Waals surface area contributed by atoms with Crippen LogP contribution in [-0.4, -0.2) is 22.1 Å². The number of nitrogens with one attached hydrogen (secondary N) is 1. The Labute approximate surface area is 187 Å². The molecule has 4 rings (SSSR count). The first-order valence-electron chi connectivity index (χ1n) is 10.5. The van der Waals surface area contributed by atoms with E-state index in [0.29, 0.717) is 23.0 Å². The molecule has 6 heteroatoms. The number of carbonyl (C=O) groups excluding carboxylic acids is 1. The summed E-state index contributed by atoms with van der Waals surface area (Å²) in [5.41, 5.74) is 2.74. The van der Waals surface area contributed by atoms with E-state index in [0.717, 1.165) is 11.1 Å². The van der Waals surface area contributed by atoms with Gasteiger partial charge in [0.15, 0.2) is 6.61 Å². The lowest BCUT2D eigenvalue weighted by atomic mass is 9.85. The lowest BCUT2D eigenvalue weighted by Crippen LogP contribution is -2.37. The van der Waals surface area contributed by atoms with Gasteiger partial charge >= 0.3 is 0 Å². The van der Waals surface area contributed by atoms with Gasteiger partial charge in [0.25, 0.3) is 5.91 Å². The Hall–Kier alpha value is -3.93. The normalized spacial score (nSPS) is 11.8. The molecule has 1 heterocycles. The minimum atomic E-state index is -0.200. The quantitative estimate of drug-likeness (QED) is 0.432. The number of hydrogen-bond donors (Lipinski definition) is 1.